The number of nitrogens with one attached hydrogen (secondary N) is 2. The average molecular weight is 289 g/mol. The molecular weight excluding hydrogens is 270 g/mol. The molecule has 2 N–H and O–H groups in total. The van der Waals surface area contributed by atoms with Crippen molar-refractivity contribution in [3.8, 4) is 0 Å². The van der Waals surface area contributed by atoms with Gasteiger partial charge in [0.1, 0.15) is 6.04 Å². The maximum Gasteiger partial charge on any atom is 0.252 e. The lowest BCUT2D eigenvalue weighted by Crippen LogP contribution is -2.35. The number of carbonyl (C=O) groups is 3. The fraction of sp³-hybridized carbons (Fsp3) is 0.400. The van der Waals surface area contributed by atoms with Crippen LogP contribution in [0.5, 0.6) is 0 Å². The molecule has 1 fully saturated rings. The van der Waals surface area contributed by atoms with Crippen molar-refractivity contribution in [2.75, 3.05) is 17.2 Å². The van der Waals surface area contributed by atoms with Crippen molar-refractivity contribution in [1.82, 2.24) is 4.90 Å². The quantitative estimate of drug-likeness (QED) is 0.807. The van der Waals surface area contributed by atoms with Crippen LogP contribution in [0, 0.1) is 0 Å². The van der Waals surface area contributed by atoms with Crippen LogP contribution in [0.1, 0.15) is 26.7 Å². The van der Waals surface area contributed by atoms with Crippen molar-refractivity contribution in [1.29, 1.82) is 0 Å². The Bertz CT molecular complexity index is 554. The summed E-state index contributed by atoms with van der Waals surface area (Å²) in [6.07, 6.45) is 0.946. The zero-order valence-corrected chi connectivity index (χ0v) is 12.2. The second-order valence-corrected chi connectivity index (χ2v) is 5.04. The monoisotopic (exact) mass is 289 g/mol. The van der Waals surface area contributed by atoms with Crippen molar-refractivity contribution < 1.29 is 14.4 Å². The molecule has 0 saturated carbocycles. The molecule has 1 aromatic carbocycles. The Hall–Kier alpha value is -2.37. The van der Waals surface area contributed by atoms with E-state index in [-0.39, 0.29) is 24.1 Å². The van der Waals surface area contributed by atoms with Crippen LogP contribution in [0.25, 0.3) is 0 Å². The summed E-state index contributed by atoms with van der Waals surface area (Å²) < 4.78 is 0. The van der Waals surface area contributed by atoms with Crippen LogP contribution >= 0.6 is 0 Å². The van der Waals surface area contributed by atoms with Crippen molar-refractivity contribution in [3.63, 3.8) is 0 Å². The van der Waals surface area contributed by atoms with Gasteiger partial charge in [-0.2, -0.15) is 0 Å². The smallest absolute Gasteiger partial charge is 0.252 e. The van der Waals surface area contributed by atoms with Crippen LogP contribution in [0.15, 0.2) is 24.3 Å². The first-order valence-electron chi connectivity index (χ1n) is 6.99. The van der Waals surface area contributed by atoms with E-state index in [1.165, 1.54) is 11.8 Å². The zero-order chi connectivity index (χ0) is 15.4. The molecule has 6 heteroatoms. The van der Waals surface area contributed by atoms with Gasteiger partial charge in [0.15, 0.2) is 0 Å². The number of benzene rings is 1. The highest BCUT2D eigenvalue weighted by molar-refractivity contribution is 6.06. The first-order valence-corrected chi connectivity index (χ1v) is 6.99. The molecule has 1 aliphatic heterocycles. The van der Waals surface area contributed by atoms with E-state index in [4.69, 9.17) is 0 Å². The number of nitrogens with zero attached hydrogens (tertiary/aromatic N) is 1. The van der Waals surface area contributed by atoms with Gasteiger partial charge in [0, 0.05) is 24.8 Å². The normalized spacial score (nSPS) is 18.0. The van der Waals surface area contributed by atoms with E-state index in [2.05, 4.69) is 10.6 Å². The molecule has 112 valence electrons. The third-order valence-electron chi connectivity index (χ3n) is 3.24. The number of rotatable bonds is 5. The molecule has 1 unspecified atom stereocenters. The standard InChI is InChI=1S/C15H19N3O3/c1-3-8-18-14(20)9-13(15(18)21)17-12-6-4-11(5-7-12)16-10(2)19/h4-7,13,17H,3,8-9H2,1-2H3,(H,16,19). The minimum Gasteiger partial charge on any atom is -0.373 e. The molecule has 3 amide bonds. The largest absolute Gasteiger partial charge is 0.373 e. The van der Waals surface area contributed by atoms with Gasteiger partial charge in [0.25, 0.3) is 5.91 Å². The molecule has 21 heavy (non-hydrogen) atoms. The highest BCUT2D eigenvalue weighted by Crippen LogP contribution is 2.20. The molecule has 6 nitrogen and oxygen atoms in total. The maximum absolute atomic E-state index is 12.1. The van der Waals surface area contributed by atoms with Crippen LogP contribution in [0.4, 0.5) is 11.4 Å². The molecule has 1 aromatic rings. The van der Waals surface area contributed by atoms with E-state index >= 15 is 0 Å². The van der Waals surface area contributed by atoms with E-state index in [1.807, 2.05) is 6.92 Å². The number of amides is 3. The fourth-order valence-corrected chi connectivity index (χ4v) is 2.31. The summed E-state index contributed by atoms with van der Waals surface area (Å²) in [6.45, 7) is 3.84. The minimum absolute atomic E-state index is 0.130. The molecule has 0 aromatic heterocycles. The van der Waals surface area contributed by atoms with Gasteiger partial charge in [0.2, 0.25) is 11.8 Å². The van der Waals surface area contributed by atoms with Gasteiger partial charge in [-0.15, -0.1) is 0 Å². The third kappa shape index (κ3) is 3.59. The Morgan fingerprint density at radius 2 is 1.86 bits per heavy atom. The van der Waals surface area contributed by atoms with E-state index in [1.54, 1.807) is 24.3 Å². The third-order valence-corrected chi connectivity index (χ3v) is 3.24. The molecule has 0 bridgehead atoms. The molecule has 1 aliphatic rings. The Labute approximate surface area is 123 Å². The SMILES string of the molecule is CCCN1C(=O)CC(Nc2ccc(NC(C)=O)cc2)C1=O. The summed E-state index contributed by atoms with van der Waals surface area (Å²) in [5.41, 5.74) is 1.43. The van der Waals surface area contributed by atoms with Gasteiger partial charge in [-0.3, -0.25) is 19.3 Å². The summed E-state index contributed by atoms with van der Waals surface area (Å²) >= 11 is 0. The van der Waals surface area contributed by atoms with Crippen molar-refractivity contribution in [3.05, 3.63) is 24.3 Å². The first kappa shape index (κ1) is 15.0. The summed E-state index contributed by atoms with van der Waals surface area (Å²) in [5.74, 6) is -0.440. The maximum atomic E-state index is 12.1. The Morgan fingerprint density at radius 3 is 2.43 bits per heavy atom. The van der Waals surface area contributed by atoms with E-state index in [0.717, 1.165) is 12.1 Å². The summed E-state index contributed by atoms with van der Waals surface area (Å²) in [5, 5.41) is 5.73. The number of imide groups is 1. The molecule has 0 aliphatic carbocycles. The van der Waals surface area contributed by atoms with Crippen LogP contribution in [-0.4, -0.2) is 35.2 Å². The number of likely N-dealkylation sites (tertiary alicyclic amines) is 1. The van der Waals surface area contributed by atoms with E-state index in [9.17, 15) is 14.4 Å². The van der Waals surface area contributed by atoms with Crippen LogP contribution in [-0.2, 0) is 14.4 Å². The second-order valence-electron chi connectivity index (χ2n) is 5.04. The predicted molar refractivity (Wildman–Crippen MR) is 79.8 cm³/mol. The number of carbonyl (C=O) groups excluding carboxylic acids is 3. The van der Waals surface area contributed by atoms with Crippen LogP contribution < -0.4 is 10.6 Å². The van der Waals surface area contributed by atoms with E-state index < -0.39 is 6.04 Å². The van der Waals surface area contributed by atoms with Crippen molar-refractivity contribution in [2.24, 2.45) is 0 Å². The minimum atomic E-state index is -0.504. The Balaban J connectivity index is 2.00. The zero-order valence-electron chi connectivity index (χ0n) is 12.2. The number of hydrogen-bond acceptors (Lipinski definition) is 4. The van der Waals surface area contributed by atoms with Gasteiger partial charge < -0.3 is 10.6 Å². The molecule has 0 spiro atoms. The lowest BCUT2D eigenvalue weighted by atomic mass is 10.2. The predicted octanol–water partition coefficient (Wildman–Crippen LogP) is 1.59. The summed E-state index contributed by atoms with van der Waals surface area (Å²) in [4.78, 5) is 36.1. The fourth-order valence-electron chi connectivity index (χ4n) is 2.31. The Morgan fingerprint density at radius 1 is 1.24 bits per heavy atom. The molecule has 1 saturated heterocycles. The van der Waals surface area contributed by atoms with Gasteiger partial charge >= 0.3 is 0 Å². The van der Waals surface area contributed by atoms with E-state index in [0.29, 0.717) is 12.2 Å². The lowest BCUT2D eigenvalue weighted by molar-refractivity contribution is -0.138. The first-order chi connectivity index (χ1) is 10.0. The molecule has 2 rings (SSSR count). The Kier molecular flexibility index (Phi) is 4.57. The summed E-state index contributed by atoms with van der Waals surface area (Å²) in [6, 6.07) is 6.52. The second kappa shape index (κ2) is 6.39. The van der Waals surface area contributed by atoms with Gasteiger partial charge in [-0.1, -0.05) is 6.92 Å². The highest BCUT2D eigenvalue weighted by atomic mass is 16.2. The molecule has 1 heterocycles. The van der Waals surface area contributed by atoms with Crippen molar-refractivity contribution in [2.45, 2.75) is 32.7 Å². The van der Waals surface area contributed by atoms with Gasteiger partial charge in [0.05, 0.1) is 6.42 Å². The lowest BCUT2D eigenvalue weighted by Gasteiger charge is -2.15. The number of anilines is 2. The van der Waals surface area contributed by atoms with Gasteiger partial charge in [-0.05, 0) is 30.7 Å². The average Bonchev–Trinajstić information content (AvgIpc) is 2.69. The van der Waals surface area contributed by atoms with Crippen LogP contribution in [0.2, 0.25) is 0 Å². The van der Waals surface area contributed by atoms with Crippen molar-refractivity contribution >= 4 is 29.1 Å². The highest BCUT2D eigenvalue weighted by Gasteiger charge is 2.37. The van der Waals surface area contributed by atoms with Gasteiger partial charge in [-0.25, -0.2) is 0 Å². The topological polar surface area (TPSA) is 78.5 Å². The molecular formula is C15H19N3O3. The molecule has 0 radical (unpaired) electrons. The van der Waals surface area contributed by atoms with Crippen LogP contribution in [0.3, 0.4) is 0 Å². The molecule has 1 atom stereocenters. The summed E-state index contributed by atoms with van der Waals surface area (Å²) in [7, 11) is 0. The number of hydrogen-bond donors (Lipinski definition) is 2.